The second-order valence-electron chi connectivity index (χ2n) is 4.61. The van der Waals surface area contributed by atoms with Crippen molar-refractivity contribution in [2.45, 2.75) is 24.8 Å². The van der Waals surface area contributed by atoms with Crippen LogP contribution in [0.4, 0.5) is 0 Å². The molecule has 2 rings (SSSR count). The molecule has 1 aromatic carbocycles. The second-order valence-corrected chi connectivity index (χ2v) is 6.51. The number of hydrogen-bond donors (Lipinski definition) is 1. The molecule has 17 heavy (non-hydrogen) atoms. The largest absolute Gasteiger partial charge is 0.396 e. The van der Waals surface area contributed by atoms with Gasteiger partial charge in [-0.05, 0) is 25.0 Å². The van der Waals surface area contributed by atoms with Crippen LogP contribution >= 0.6 is 0 Å². The SMILES string of the molecule is Cc1ccc(S(=O)(=O)N2C[C@H]2[C@H](C)CO)cc1. The van der Waals surface area contributed by atoms with E-state index in [0.29, 0.717) is 11.4 Å². The van der Waals surface area contributed by atoms with Crippen molar-refractivity contribution in [3.8, 4) is 0 Å². The molecule has 1 aliphatic rings. The molecule has 0 saturated carbocycles. The van der Waals surface area contributed by atoms with E-state index < -0.39 is 10.0 Å². The third-order valence-corrected chi connectivity index (χ3v) is 5.08. The molecule has 1 heterocycles. The molecule has 0 bridgehead atoms. The summed E-state index contributed by atoms with van der Waals surface area (Å²) in [4.78, 5) is 0.329. The van der Waals surface area contributed by atoms with Crippen molar-refractivity contribution < 1.29 is 13.5 Å². The second kappa shape index (κ2) is 4.40. The van der Waals surface area contributed by atoms with Gasteiger partial charge in [-0.15, -0.1) is 0 Å². The molecule has 94 valence electrons. The number of aryl methyl sites for hydroxylation is 1. The highest BCUT2D eigenvalue weighted by atomic mass is 32.2. The van der Waals surface area contributed by atoms with E-state index >= 15 is 0 Å². The summed E-state index contributed by atoms with van der Waals surface area (Å²) in [6.45, 7) is 4.31. The van der Waals surface area contributed by atoms with E-state index in [4.69, 9.17) is 5.11 Å². The summed E-state index contributed by atoms with van der Waals surface area (Å²) in [5.74, 6) is -0.00442. The molecule has 3 atom stereocenters. The lowest BCUT2D eigenvalue weighted by Gasteiger charge is -2.09. The number of nitrogens with zero attached hydrogens (tertiary/aromatic N) is 1. The third kappa shape index (κ3) is 2.36. The van der Waals surface area contributed by atoms with Gasteiger partial charge in [0.05, 0.1) is 4.90 Å². The van der Waals surface area contributed by atoms with Crippen LogP contribution in [-0.4, -0.2) is 37.0 Å². The lowest BCUT2D eigenvalue weighted by molar-refractivity contribution is 0.230. The van der Waals surface area contributed by atoms with E-state index in [1.54, 1.807) is 24.3 Å². The zero-order chi connectivity index (χ0) is 12.6. The van der Waals surface area contributed by atoms with E-state index in [9.17, 15) is 8.42 Å². The Bertz CT molecular complexity index is 495. The Morgan fingerprint density at radius 2 is 2.00 bits per heavy atom. The average molecular weight is 255 g/mol. The van der Waals surface area contributed by atoms with Crippen molar-refractivity contribution >= 4 is 10.0 Å². The van der Waals surface area contributed by atoms with Crippen LogP contribution in [0.2, 0.25) is 0 Å². The quantitative estimate of drug-likeness (QED) is 0.816. The number of rotatable bonds is 4. The minimum Gasteiger partial charge on any atom is -0.396 e. The van der Waals surface area contributed by atoms with E-state index in [1.165, 1.54) is 4.31 Å². The molecular weight excluding hydrogens is 238 g/mol. The van der Waals surface area contributed by atoms with Crippen LogP contribution in [0.5, 0.6) is 0 Å². The predicted octanol–water partition coefficient (Wildman–Crippen LogP) is 0.996. The Balaban J connectivity index is 2.19. The van der Waals surface area contributed by atoms with E-state index in [1.807, 2.05) is 13.8 Å². The molecule has 1 aliphatic heterocycles. The topological polar surface area (TPSA) is 57.4 Å². The maximum absolute atomic E-state index is 12.2. The van der Waals surface area contributed by atoms with Crippen molar-refractivity contribution in [2.75, 3.05) is 13.2 Å². The fourth-order valence-corrected chi connectivity index (χ4v) is 3.51. The lowest BCUT2D eigenvalue weighted by atomic mass is 10.1. The van der Waals surface area contributed by atoms with Gasteiger partial charge in [-0.2, -0.15) is 4.31 Å². The van der Waals surface area contributed by atoms with Crippen LogP contribution in [-0.2, 0) is 10.0 Å². The van der Waals surface area contributed by atoms with E-state index in [0.717, 1.165) is 5.56 Å². The highest BCUT2D eigenvalue weighted by Gasteiger charge is 2.47. The van der Waals surface area contributed by atoms with Crippen molar-refractivity contribution in [1.29, 1.82) is 0 Å². The Morgan fingerprint density at radius 3 is 2.53 bits per heavy atom. The summed E-state index contributed by atoms with van der Waals surface area (Å²) < 4.78 is 25.8. The molecule has 0 aliphatic carbocycles. The first-order chi connectivity index (χ1) is 7.96. The monoisotopic (exact) mass is 255 g/mol. The van der Waals surface area contributed by atoms with Crippen LogP contribution in [0.15, 0.2) is 29.2 Å². The maximum Gasteiger partial charge on any atom is 0.243 e. The molecule has 0 spiro atoms. The van der Waals surface area contributed by atoms with Crippen LogP contribution < -0.4 is 0 Å². The average Bonchev–Trinajstić information content (AvgIpc) is 3.09. The molecule has 0 aromatic heterocycles. The van der Waals surface area contributed by atoms with Gasteiger partial charge < -0.3 is 5.11 Å². The highest BCUT2D eigenvalue weighted by Crippen LogP contribution is 2.32. The molecule has 1 unspecified atom stereocenters. The predicted molar refractivity (Wildman–Crippen MR) is 65.1 cm³/mol. The lowest BCUT2D eigenvalue weighted by Crippen LogP contribution is -2.19. The third-order valence-electron chi connectivity index (χ3n) is 3.18. The van der Waals surface area contributed by atoms with Crippen molar-refractivity contribution in [3.63, 3.8) is 0 Å². The zero-order valence-electron chi connectivity index (χ0n) is 10.00. The molecule has 5 heteroatoms. The standard InChI is InChI=1S/C12H17NO3S/c1-9-3-5-11(6-4-9)17(15,16)13-7-12(13)10(2)8-14/h3-6,10,12,14H,7-8H2,1-2H3/t10-,12+,13?/m1/s1. The minimum atomic E-state index is -3.36. The Labute approximate surface area is 102 Å². The number of aliphatic hydroxyl groups is 1. The summed E-state index contributed by atoms with van der Waals surface area (Å²) in [7, 11) is -3.36. The van der Waals surface area contributed by atoms with Gasteiger partial charge in [0.1, 0.15) is 0 Å². The number of benzene rings is 1. The molecular formula is C12H17NO3S. The van der Waals surface area contributed by atoms with Gasteiger partial charge in [-0.25, -0.2) is 8.42 Å². The van der Waals surface area contributed by atoms with Gasteiger partial charge in [0.2, 0.25) is 10.0 Å². The Morgan fingerprint density at radius 1 is 1.41 bits per heavy atom. The first kappa shape index (κ1) is 12.5. The van der Waals surface area contributed by atoms with Crippen molar-refractivity contribution in [3.05, 3.63) is 29.8 Å². The van der Waals surface area contributed by atoms with Gasteiger partial charge in [0, 0.05) is 19.2 Å². The molecule has 1 fully saturated rings. The Hall–Kier alpha value is -0.910. The van der Waals surface area contributed by atoms with Crippen LogP contribution in [0, 0.1) is 12.8 Å². The van der Waals surface area contributed by atoms with Gasteiger partial charge in [-0.3, -0.25) is 0 Å². The summed E-state index contributed by atoms with van der Waals surface area (Å²) in [5.41, 5.74) is 1.04. The van der Waals surface area contributed by atoms with Crippen LogP contribution in [0.3, 0.4) is 0 Å². The molecule has 1 N–H and O–H groups in total. The van der Waals surface area contributed by atoms with E-state index in [-0.39, 0.29) is 18.6 Å². The van der Waals surface area contributed by atoms with Gasteiger partial charge in [0.15, 0.2) is 0 Å². The van der Waals surface area contributed by atoms with Crippen molar-refractivity contribution in [2.24, 2.45) is 5.92 Å². The fraction of sp³-hybridized carbons (Fsp3) is 0.500. The summed E-state index contributed by atoms with van der Waals surface area (Å²) in [6.07, 6.45) is 0. The number of sulfonamides is 1. The normalized spacial score (nSPS) is 25.6. The van der Waals surface area contributed by atoms with Gasteiger partial charge >= 0.3 is 0 Å². The first-order valence-electron chi connectivity index (χ1n) is 5.66. The van der Waals surface area contributed by atoms with Gasteiger partial charge in [-0.1, -0.05) is 24.6 Å². The molecule has 1 aromatic rings. The van der Waals surface area contributed by atoms with E-state index in [2.05, 4.69) is 0 Å². The fourth-order valence-electron chi connectivity index (χ4n) is 1.84. The van der Waals surface area contributed by atoms with Gasteiger partial charge in [0.25, 0.3) is 0 Å². The Kier molecular flexibility index (Phi) is 3.25. The number of aliphatic hydroxyl groups excluding tert-OH is 1. The summed E-state index contributed by atoms with van der Waals surface area (Å²) >= 11 is 0. The molecule has 0 radical (unpaired) electrons. The van der Waals surface area contributed by atoms with Crippen LogP contribution in [0.1, 0.15) is 12.5 Å². The summed E-state index contributed by atoms with van der Waals surface area (Å²) in [5, 5.41) is 9.01. The first-order valence-corrected chi connectivity index (χ1v) is 7.10. The highest BCUT2D eigenvalue weighted by molar-refractivity contribution is 7.89. The molecule has 1 saturated heterocycles. The van der Waals surface area contributed by atoms with Crippen molar-refractivity contribution in [1.82, 2.24) is 4.31 Å². The molecule has 0 amide bonds. The summed E-state index contributed by atoms with van der Waals surface area (Å²) in [6, 6.07) is 6.79. The van der Waals surface area contributed by atoms with Crippen LogP contribution in [0.25, 0.3) is 0 Å². The smallest absolute Gasteiger partial charge is 0.243 e. The maximum atomic E-state index is 12.2. The number of hydrogen-bond acceptors (Lipinski definition) is 3. The molecule has 4 nitrogen and oxygen atoms in total. The minimum absolute atomic E-state index is 0.00442. The zero-order valence-corrected chi connectivity index (χ0v) is 10.8.